The molecule has 0 radical (unpaired) electrons. The van der Waals surface area contributed by atoms with Crippen molar-refractivity contribution in [2.24, 2.45) is 0 Å². The lowest BCUT2D eigenvalue weighted by molar-refractivity contribution is 0.276. The van der Waals surface area contributed by atoms with Gasteiger partial charge in [-0.15, -0.1) is 0 Å². The molecule has 10 heavy (non-hydrogen) atoms. The van der Waals surface area contributed by atoms with Gasteiger partial charge >= 0.3 is 7.60 Å². The number of hydrogen-bond donors (Lipinski definition) is 0. The largest absolute Gasteiger partial charge is 0.330 e. The van der Waals surface area contributed by atoms with Crippen LogP contribution in [0.4, 0.5) is 0 Å². The highest BCUT2D eigenvalue weighted by Gasteiger charge is 2.18. The van der Waals surface area contributed by atoms with Gasteiger partial charge in [0.1, 0.15) is 0 Å². The van der Waals surface area contributed by atoms with Crippen LogP contribution in [0.1, 0.15) is 13.3 Å². The zero-order chi connectivity index (χ0) is 7.33. The molecule has 5 heteroatoms. The molecule has 0 fully saturated rings. The van der Waals surface area contributed by atoms with E-state index in [1.807, 2.05) is 6.92 Å². The molecule has 0 unspecified atom stereocenters. The van der Waals surface area contributed by atoms with Crippen LogP contribution in [-0.2, 0) is 13.6 Å². The predicted octanol–water partition coefficient (Wildman–Crippen LogP) is 0.698. The van der Waals surface area contributed by atoms with Gasteiger partial charge in [-0.1, -0.05) is 6.92 Å². The van der Waals surface area contributed by atoms with E-state index in [1.54, 1.807) is 0 Å². The molecular weight excluding hydrogens is 166 g/mol. The quantitative estimate of drug-likeness (QED) is 0.474. The molecule has 0 aromatic heterocycles. The SMILES string of the molecule is CCCP(=O)(OC)OC.[AlH3]. The van der Waals surface area contributed by atoms with Crippen LogP contribution >= 0.6 is 7.60 Å². The summed E-state index contributed by atoms with van der Waals surface area (Å²) in [5, 5.41) is 0. The Labute approximate surface area is 72.8 Å². The van der Waals surface area contributed by atoms with Gasteiger partial charge in [-0.2, -0.15) is 0 Å². The fraction of sp³-hybridized carbons (Fsp3) is 1.00. The average molecular weight is 182 g/mol. The maximum atomic E-state index is 11.1. The van der Waals surface area contributed by atoms with Crippen LogP contribution in [0, 0.1) is 0 Å². The highest BCUT2D eigenvalue weighted by molar-refractivity contribution is 7.53. The summed E-state index contributed by atoms with van der Waals surface area (Å²) in [5.74, 6) is 0. The first-order valence-electron chi connectivity index (χ1n) is 2.89. The Morgan fingerprint density at radius 3 is 1.80 bits per heavy atom. The second kappa shape index (κ2) is 6.40. The first-order valence-corrected chi connectivity index (χ1v) is 4.62. The maximum absolute atomic E-state index is 11.1. The minimum Gasteiger partial charge on any atom is -0.312 e. The molecule has 0 saturated carbocycles. The standard InChI is InChI=1S/C5H13O3P.Al.3H/c1-4-5-9(6,7-2)8-3;;;;/h4-5H2,1-3H3;;;;. The summed E-state index contributed by atoms with van der Waals surface area (Å²) < 4.78 is 20.4. The highest BCUT2D eigenvalue weighted by atomic mass is 31.2. The molecule has 0 aromatic carbocycles. The molecule has 0 atom stereocenters. The van der Waals surface area contributed by atoms with Gasteiger partial charge < -0.3 is 9.05 Å². The van der Waals surface area contributed by atoms with E-state index in [-0.39, 0.29) is 17.4 Å². The van der Waals surface area contributed by atoms with Gasteiger partial charge in [0, 0.05) is 20.4 Å². The summed E-state index contributed by atoms with van der Waals surface area (Å²) in [6.07, 6.45) is 1.32. The van der Waals surface area contributed by atoms with Crippen LogP contribution in [0.2, 0.25) is 0 Å². The zero-order valence-corrected chi connectivity index (χ0v) is 6.98. The van der Waals surface area contributed by atoms with Gasteiger partial charge in [0.2, 0.25) is 0 Å². The Hall–Kier alpha value is 0.682. The van der Waals surface area contributed by atoms with Crippen LogP contribution in [0.3, 0.4) is 0 Å². The molecular formula is C5H16AlO3P. The van der Waals surface area contributed by atoms with Gasteiger partial charge in [0.15, 0.2) is 17.4 Å². The molecule has 0 aromatic rings. The topological polar surface area (TPSA) is 35.5 Å². The molecule has 0 aliphatic carbocycles. The van der Waals surface area contributed by atoms with Crippen LogP contribution in [0.5, 0.6) is 0 Å². The lowest BCUT2D eigenvalue weighted by Crippen LogP contribution is -1.92. The van der Waals surface area contributed by atoms with Crippen LogP contribution in [-0.4, -0.2) is 37.7 Å². The third-order valence-electron chi connectivity index (χ3n) is 1.05. The van der Waals surface area contributed by atoms with E-state index in [0.29, 0.717) is 6.16 Å². The molecule has 3 nitrogen and oxygen atoms in total. The zero-order valence-electron chi connectivity index (χ0n) is 6.09. The summed E-state index contributed by atoms with van der Waals surface area (Å²) in [4.78, 5) is 0. The van der Waals surface area contributed by atoms with Gasteiger partial charge in [0.05, 0.1) is 0 Å². The Kier molecular flexibility index (Phi) is 8.50. The molecule has 0 saturated heterocycles. The van der Waals surface area contributed by atoms with Gasteiger partial charge in [-0.05, 0) is 6.42 Å². The van der Waals surface area contributed by atoms with Crippen molar-refractivity contribution in [3.8, 4) is 0 Å². The molecule has 0 amide bonds. The van der Waals surface area contributed by atoms with E-state index in [9.17, 15) is 4.57 Å². The molecule has 0 rings (SSSR count). The van der Waals surface area contributed by atoms with Gasteiger partial charge in [-0.3, -0.25) is 4.57 Å². The van der Waals surface area contributed by atoms with Crippen molar-refractivity contribution in [2.45, 2.75) is 13.3 Å². The fourth-order valence-corrected chi connectivity index (χ4v) is 1.59. The number of rotatable bonds is 4. The second-order valence-corrected chi connectivity index (χ2v) is 4.10. The molecule has 0 bridgehead atoms. The van der Waals surface area contributed by atoms with Crippen LogP contribution in [0.15, 0.2) is 0 Å². The van der Waals surface area contributed by atoms with Crippen molar-refractivity contribution in [3.05, 3.63) is 0 Å². The average Bonchev–Trinajstić information content (AvgIpc) is 1.89. The van der Waals surface area contributed by atoms with Crippen molar-refractivity contribution >= 4 is 25.0 Å². The molecule has 62 valence electrons. The predicted molar refractivity (Wildman–Crippen MR) is 46.7 cm³/mol. The highest BCUT2D eigenvalue weighted by Crippen LogP contribution is 2.46. The molecule has 0 spiro atoms. The minimum atomic E-state index is -2.68. The second-order valence-electron chi connectivity index (χ2n) is 1.70. The maximum Gasteiger partial charge on any atom is 0.330 e. The summed E-state index contributed by atoms with van der Waals surface area (Å²) in [7, 11) is 0.124. The van der Waals surface area contributed by atoms with Crippen molar-refractivity contribution in [2.75, 3.05) is 20.4 Å². The van der Waals surface area contributed by atoms with Crippen LogP contribution < -0.4 is 0 Å². The summed E-state index contributed by atoms with van der Waals surface area (Å²) in [6.45, 7) is 1.94. The Balaban J connectivity index is 0. The van der Waals surface area contributed by atoms with Crippen molar-refractivity contribution in [1.82, 2.24) is 0 Å². The van der Waals surface area contributed by atoms with E-state index in [0.717, 1.165) is 6.42 Å². The van der Waals surface area contributed by atoms with E-state index < -0.39 is 7.60 Å². The normalized spacial score (nSPS) is 10.7. The lowest BCUT2D eigenvalue weighted by atomic mass is 10.6. The Morgan fingerprint density at radius 2 is 1.70 bits per heavy atom. The Bertz CT molecular complexity index is 109. The van der Waals surface area contributed by atoms with Crippen LogP contribution in [0.25, 0.3) is 0 Å². The molecule has 0 heterocycles. The smallest absolute Gasteiger partial charge is 0.312 e. The van der Waals surface area contributed by atoms with E-state index in [2.05, 4.69) is 9.05 Å². The molecule has 0 N–H and O–H groups in total. The molecule has 0 aliphatic rings. The molecule has 0 aliphatic heterocycles. The number of hydrogen-bond acceptors (Lipinski definition) is 3. The summed E-state index contributed by atoms with van der Waals surface area (Å²) in [6, 6.07) is 0. The lowest BCUT2D eigenvalue weighted by Gasteiger charge is -2.10. The third kappa shape index (κ3) is 4.49. The van der Waals surface area contributed by atoms with E-state index >= 15 is 0 Å². The van der Waals surface area contributed by atoms with Crippen molar-refractivity contribution in [3.63, 3.8) is 0 Å². The van der Waals surface area contributed by atoms with Crippen molar-refractivity contribution in [1.29, 1.82) is 0 Å². The first kappa shape index (κ1) is 13.3. The van der Waals surface area contributed by atoms with Gasteiger partial charge in [-0.25, -0.2) is 0 Å². The monoisotopic (exact) mass is 182 g/mol. The summed E-state index contributed by atoms with van der Waals surface area (Å²) in [5.41, 5.74) is 0. The van der Waals surface area contributed by atoms with E-state index in [1.165, 1.54) is 14.2 Å². The Morgan fingerprint density at radius 1 is 1.30 bits per heavy atom. The minimum absolute atomic E-state index is 0. The first-order chi connectivity index (χ1) is 4.18. The van der Waals surface area contributed by atoms with Crippen molar-refractivity contribution < 1.29 is 13.6 Å². The fourth-order valence-electron chi connectivity index (χ4n) is 0.531. The van der Waals surface area contributed by atoms with Gasteiger partial charge in [0.25, 0.3) is 0 Å². The van der Waals surface area contributed by atoms with E-state index in [4.69, 9.17) is 0 Å². The third-order valence-corrected chi connectivity index (χ3v) is 3.16. The summed E-state index contributed by atoms with van der Waals surface area (Å²) >= 11 is 0.